The van der Waals surface area contributed by atoms with E-state index < -0.39 is 0 Å². The zero-order valence-corrected chi connectivity index (χ0v) is 13.3. The lowest BCUT2D eigenvalue weighted by Crippen LogP contribution is -2.19. The highest BCUT2D eigenvalue weighted by molar-refractivity contribution is 8.18. The van der Waals surface area contributed by atoms with Gasteiger partial charge in [0.05, 0.1) is 10.6 Å². The van der Waals surface area contributed by atoms with Crippen molar-refractivity contribution < 1.29 is 4.79 Å². The number of carbonyl (C=O) groups is 1. The van der Waals surface area contributed by atoms with Crippen LogP contribution >= 0.6 is 23.1 Å². The Kier molecular flexibility index (Phi) is 3.94. The van der Waals surface area contributed by atoms with Crippen molar-refractivity contribution in [1.29, 1.82) is 0 Å². The van der Waals surface area contributed by atoms with Crippen LogP contribution in [0.5, 0.6) is 0 Å². The van der Waals surface area contributed by atoms with E-state index in [1.54, 1.807) is 11.3 Å². The number of nitrogens with zero attached hydrogens (tertiary/aromatic N) is 1. The van der Waals surface area contributed by atoms with Crippen molar-refractivity contribution in [1.82, 2.24) is 5.32 Å². The molecule has 1 aromatic carbocycles. The van der Waals surface area contributed by atoms with Gasteiger partial charge in [0.25, 0.3) is 5.91 Å². The van der Waals surface area contributed by atoms with Crippen LogP contribution in [0.15, 0.2) is 46.3 Å². The molecule has 1 aliphatic heterocycles. The normalized spacial score (nSPS) is 18.5. The van der Waals surface area contributed by atoms with E-state index in [1.807, 2.05) is 43.3 Å². The molecular formula is C16H14N2OS2. The van der Waals surface area contributed by atoms with Crippen molar-refractivity contribution in [3.63, 3.8) is 0 Å². The van der Waals surface area contributed by atoms with Crippen LogP contribution in [0.1, 0.15) is 15.3 Å². The van der Waals surface area contributed by atoms with Crippen LogP contribution in [-0.2, 0) is 4.79 Å². The number of nitrogens with one attached hydrogen (secondary N) is 1. The zero-order chi connectivity index (χ0) is 14.8. The van der Waals surface area contributed by atoms with Crippen molar-refractivity contribution in [3.8, 4) is 0 Å². The number of carbonyl (C=O) groups excluding carboxylic acids is 1. The number of aliphatic imine (C=N–C) groups is 1. The fourth-order valence-electron chi connectivity index (χ4n) is 1.88. The second kappa shape index (κ2) is 5.87. The molecule has 3 nitrogen and oxygen atoms in total. The molecule has 0 saturated carbocycles. The van der Waals surface area contributed by atoms with Gasteiger partial charge < -0.3 is 5.32 Å². The first-order valence-electron chi connectivity index (χ1n) is 6.53. The number of thiophene rings is 1. The SMILES string of the molecule is Cc1ccc(N=C2NC(=O)/C(=C/c3ccc(C)s3)S2)cc1. The van der Waals surface area contributed by atoms with Crippen molar-refractivity contribution in [2.24, 2.45) is 4.99 Å². The highest BCUT2D eigenvalue weighted by Gasteiger charge is 2.23. The van der Waals surface area contributed by atoms with E-state index in [0.717, 1.165) is 10.6 Å². The van der Waals surface area contributed by atoms with Crippen LogP contribution in [0.4, 0.5) is 5.69 Å². The van der Waals surface area contributed by atoms with E-state index in [9.17, 15) is 4.79 Å². The standard InChI is InChI=1S/C16H14N2OS2/c1-10-3-6-12(7-4-10)17-16-18-15(19)14(21-16)9-13-8-5-11(2)20-13/h3-9H,1-2H3,(H,17,18,19)/b14-9-. The Labute approximate surface area is 131 Å². The topological polar surface area (TPSA) is 41.5 Å². The third kappa shape index (κ3) is 3.43. The number of amidine groups is 1. The smallest absolute Gasteiger partial charge is 0.264 e. The van der Waals surface area contributed by atoms with Gasteiger partial charge in [0.15, 0.2) is 5.17 Å². The molecule has 0 radical (unpaired) electrons. The van der Waals surface area contributed by atoms with Crippen molar-refractivity contribution in [3.05, 3.63) is 56.6 Å². The summed E-state index contributed by atoms with van der Waals surface area (Å²) in [6.07, 6.45) is 1.91. The van der Waals surface area contributed by atoms with Crippen molar-refractivity contribution in [2.75, 3.05) is 0 Å². The summed E-state index contributed by atoms with van der Waals surface area (Å²) in [6.45, 7) is 4.09. The van der Waals surface area contributed by atoms with Crippen LogP contribution in [0.2, 0.25) is 0 Å². The Morgan fingerprint density at radius 3 is 2.52 bits per heavy atom. The molecule has 2 aromatic rings. The second-order valence-corrected chi connectivity index (χ2v) is 7.12. The zero-order valence-electron chi connectivity index (χ0n) is 11.7. The summed E-state index contributed by atoms with van der Waals surface area (Å²) in [7, 11) is 0. The molecule has 0 spiro atoms. The second-order valence-electron chi connectivity index (χ2n) is 4.77. The third-order valence-electron chi connectivity index (χ3n) is 2.95. The Hall–Kier alpha value is -1.85. The van der Waals surface area contributed by atoms with Crippen molar-refractivity contribution >= 4 is 45.9 Å². The third-order valence-corrected chi connectivity index (χ3v) is 4.81. The van der Waals surface area contributed by atoms with E-state index in [-0.39, 0.29) is 5.91 Å². The summed E-state index contributed by atoms with van der Waals surface area (Å²) in [5.74, 6) is -0.0862. The molecular weight excluding hydrogens is 300 g/mol. The van der Waals surface area contributed by atoms with Gasteiger partial charge in [0, 0.05) is 9.75 Å². The minimum Gasteiger partial charge on any atom is -0.300 e. The number of hydrogen-bond donors (Lipinski definition) is 1. The molecule has 1 aromatic heterocycles. The quantitative estimate of drug-likeness (QED) is 0.842. The van der Waals surface area contributed by atoms with Crippen LogP contribution in [0.25, 0.3) is 6.08 Å². The maximum Gasteiger partial charge on any atom is 0.264 e. The van der Waals surface area contributed by atoms with E-state index in [0.29, 0.717) is 10.1 Å². The summed E-state index contributed by atoms with van der Waals surface area (Å²) >= 11 is 3.05. The van der Waals surface area contributed by atoms with Gasteiger partial charge in [-0.2, -0.15) is 0 Å². The molecule has 1 aliphatic rings. The maximum atomic E-state index is 12.0. The Morgan fingerprint density at radius 1 is 1.10 bits per heavy atom. The Morgan fingerprint density at radius 2 is 1.86 bits per heavy atom. The average Bonchev–Trinajstić information content (AvgIpc) is 3.00. The molecule has 5 heteroatoms. The molecule has 1 N–H and O–H groups in total. The fraction of sp³-hybridized carbons (Fsp3) is 0.125. The minimum atomic E-state index is -0.0862. The van der Waals surface area contributed by atoms with E-state index in [4.69, 9.17) is 0 Å². The molecule has 2 heterocycles. The molecule has 0 bridgehead atoms. The summed E-state index contributed by atoms with van der Waals surface area (Å²) in [6, 6.07) is 12.0. The van der Waals surface area contributed by atoms with Crippen LogP contribution in [-0.4, -0.2) is 11.1 Å². The van der Waals surface area contributed by atoms with Gasteiger partial charge in [-0.25, -0.2) is 4.99 Å². The predicted molar refractivity (Wildman–Crippen MR) is 91.0 cm³/mol. The highest BCUT2D eigenvalue weighted by atomic mass is 32.2. The first-order chi connectivity index (χ1) is 10.1. The monoisotopic (exact) mass is 314 g/mol. The summed E-state index contributed by atoms with van der Waals surface area (Å²) in [5, 5.41) is 3.43. The minimum absolute atomic E-state index is 0.0862. The van der Waals surface area contributed by atoms with E-state index >= 15 is 0 Å². The number of hydrogen-bond acceptors (Lipinski definition) is 4. The van der Waals surface area contributed by atoms with Gasteiger partial charge in [-0.15, -0.1) is 11.3 Å². The van der Waals surface area contributed by atoms with Crippen LogP contribution < -0.4 is 5.32 Å². The lowest BCUT2D eigenvalue weighted by Gasteiger charge is -1.96. The van der Waals surface area contributed by atoms with Gasteiger partial charge in [-0.1, -0.05) is 17.7 Å². The molecule has 106 valence electrons. The average molecular weight is 314 g/mol. The molecule has 1 saturated heterocycles. The number of amides is 1. The van der Waals surface area contributed by atoms with E-state index in [1.165, 1.54) is 22.2 Å². The molecule has 0 aliphatic carbocycles. The first-order valence-corrected chi connectivity index (χ1v) is 8.16. The van der Waals surface area contributed by atoms with Crippen molar-refractivity contribution in [2.45, 2.75) is 13.8 Å². The fourth-order valence-corrected chi connectivity index (χ4v) is 3.61. The molecule has 1 fully saturated rings. The Bertz CT molecular complexity index is 742. The molecule has 21 heavy (non-hydrogen) atoms. The van der Waals surface area contributed by atoms with Gasteiger partial charge in [0.1, 0.15) is 0 Å². The lowest BCUT2D eigenvalue weighted by molar-refractivity contribution is -0.115. The van der Waals surface area contributed by atoms with Crippen LogP contribution in [0, 0.1) is 13.8 Å². The number of thioether (sulfide) groups is 1. The Balaban J connectivity index is 1.81. The number of rotatable bonds is 2. The summed E-state index contributed by atoms with van der Waals surface area (Å²) in [4.78, 5) is 19.4. The maximum absolute atomic E-state index is 12.0. The van der Waals surface area contributed by atoms with Crippen LogP contribution in [0.3, 0.4) is 0 Å². The molecule has 0 unspecified atom stereocenters. The predicted octanol–water partition coefficient (Wildman–Crippen LogP) is 4.26. The van der Waals surface area contributed by atoms with E-state index in [2.05, 4.69) is 23.3 Å². The molecule has 1 amide bonds. The highest BCUT2D eigenvalue weighted by Crippen LogP contribution is 2.29. The van der Waals surface area contributed by atoms with Gasteiger partial charge in [-0.05, 0) is 56.0 Å². The van der Waals surface area contributed by atoms with Gasteiger partial charge in [0.2, 0.25) is 0 Å². The molecule has 0 atom stereocenters. The first kappa shape index (κ1) is 14.1. The van der Waals surface area contributed by atoms with Gasteiger partial charge >= 0.3 is 0 Å². The lowest BCUT2D eigenvalue weighted by atomic mass is 10.2. The largest absolute Gasteiger partial charge is 0.300 e. The number of aryl methyl sites for hydroxylation is 2. The molecule has 3 rings (SSSR count). The van der Waals surface area contributed by atoms with Gasteiger partial charge in [-0.3, -0.25) is 4.79 Å². The summed E-state index contributed by atoms with van der Waals surface area (Å²) in [5.41, 5.74) is 2.03. The summed E-state index contributed by atoms with van der Waals surface area (Å²) < 4.78 is 0. The number of benzene rings is 1.